The van der Waals surface area contributed by atoms with E-state index in [1.54, 1.807) is 30.2 Å². The predicted molar refractivity (Wildman–Crippen MR) is 136 cm³/mol. The van der Waals surface area contributed by atoms with E-state index in [-0.39, 0.29) is 11.8 Å². The maximum absolute atomic E-state index is 13.6. The first-order chi connectivity index (χ1) is 15.9. The predicted octanol–water partition coefficient (Wildman–Crippen LogP) is 4.13. The molecule has 2 aromatic rings. The van der Waals surface area contributed by atoms with Crippen LogP contribution < -0.4 is 19.3 Å². The highest BCUT2D eigenvalue weighted by atomic mass is 32.2. The van der Waals surface area contributed by atoms with Crippen molar-refractivity contribution in [2.45, 2.75) is 13.8 Å². The molecule has 2 amide bonds. The molecule has 0 atom stereocenters. The number of para-hydroxylation sites is 1. The molecule has 4 rings (SSSR count). The first-order valence-electron chi connectivity index (χ1n) is 10.6. The number of hydrogen-bond acceptors (Lipinski definition) is 7. The van der Waals surface area contributed by atoms with E-state index in [1.165, 1.54) is 12.0 Å². The highest BCUT2D eigenvalue weighted by Gasteiger charge is 2.43. The first-order valence-corrected chi connectivity index (χ1v) is 11.8. The van der Waals surface area contributed by atoms with Gasteiger partial charge >= 0.3 is 0 Å². The van der Waals surface area contributed by atoms with Gasteiger partial charge in [-0.05, 0) is 31.3 Å². The van der Waals surface area contributed by atoms with Crippen LogP contribution in [0.25, 0.3) is 5.57 Å². The van der Waals surface area contributed by atoms with Crippen molar-refractivity contribution in [3.63, 3.8) is 0 Å². The largest absolute Gasteiger partial charge is 0.497 e. The number of benzene rings is 2. The van der Waals surface area contributed by atoms with Crippen LogP contribution in [0.2, 0.25) is 0 Å². The maximum Gasteiger partial charge on any atom is 0.271 e. The van der Waals surface area contributed by atoms with Crippen molar-refractivity contribution in [2.75, 3.05) is 43.8 Å². The summed E-state index contributed by atoms with van der Waals surface area (Å²) in [5.74, 6) is 0.514. The van der Waals surface area contributed by atoms with Crippen molar-refractivity contribution >= 4 is 57.1 Å². The third-order valence-electron chi connectivity index (χ3n) is 5.78. The topological polar surface area (TPSA) is 62.3 Å². The summed E-state index contributed by atoms with van der Waals surface area (Å²) in [4.78, 5) is 32.9. The van der Waals surface area contributed by atoms with Gasteiger partial charge in [0.25, 0.3) is 11.8 Å². The van der Waals surface area contributed by atoms with Gasteiger partial charge in [-0.1, -0.05) is 56.0 Å². The number of carbonyl (C=O) groups excluding carboxylic acids is 2. The summed E-state index contributed by atoms with van der Waals surface area (Å²) >= 11 is 6.71. The number of fused-ring (bicyclic) bond motifs is 1. The second kappa shape index (κ2) is 9.54. The number of thiocarbonyl (C=S) groups is 1. The molecule has 172 valence electrons. The number of methoxy groups -OCH3 is 2. The van der Waals surface area contributed by atoms with Gasteiger partial charge in [0.1, 0.15) is 11.5 Å². The lowest BCUT2D eigenvalue weighted by Gasteiger charge is -2.25. The number of rotatable bonds is 7. The number of anilines is 2. The Balaban J connectivity index is 1.80. The molecule has 0 spiro atoms. The van der Waals surface area contributed by atoms with Crippen LogP contribution in [0.5, 0.6) is 11.5 Å². The summed E-state index contributed by atoms with van der Waals surface area (Å²) in [6, 6.07) is 12.7. The lowest BCUT2D eigenvalue weighted by Crippen LogP contribution is -2.39. The Kier molecular flexibility index (Phi) is 6.73. The highest BCUT2D eigenvalue weighted by Crippen LogP contribution is 2.47. The van der Waals surface area contributed by atoms with Gasteiger partial charge in [0, 0.05) is 11.6 Å². The summed E-state index contributed by atoms with van der Waals surface area (Å²) in [5, 5.41) is 0. The second-order valence-corrected chi connectivity index (χ2v) is 9.09. The molecule has 0 unspecified atom stereocenters. The Morgan fingerprint density at radius 1 is 0.970 bits per heavy atom. The average molecular weight is 484 g/mol. The Morgan fingerprint density at radius 3 is 2.36 bits per heavy atom. The summed E-state index contributed by atoms with van der Waals surface area (Å²) in [5.41, 5.74) is 2.41. The molecule has 0 N–H and O–H groups in total. The van der Waals surface area contributed by atoms with E-state index in [2.05, 4.69) is 18.7 Å². The summed E-state index contributed by atoms with van der Waals surface area (Å²) in [6.45, 7) is 6.20. The van der Waals surface area contributed by atoms with E-state index in [9.17, 15) is 9.59 Å². The SMILES string of the molecule is CCN(CC)CN1C(=O)C(=C2SC(=S)N(c3cc(OC)ccc3OC)C2=O)c2ccccc21. The van der Waals surface area contributed by atoms with Gasteiger partial charge in [-0.3, -0.25) is 24.3 Å². The molecule has 0 radical (unpaired) electrons. The van der Waals surface area contributed by atoms with Crippen molar-refractivity contribution < 1.29 is 19.1 Å². The third kappa shape index (κ3) is 4.01. The fourth-order valence-electron chi connectivity index (χ4n) is 3.96. The normalized spacial score (nSPS) is 17.9. The minimum absolute atomic E-state index is 0.193. The van der Waals surface area contributed by atoms with E-state index in [0.29, 0.717) is 38.7 Å². The number of amides is 2. The smallest absolute Gasteiger partial charge is 0.271 e. The molecule has 1 saturated heterocycles. The van der Waals surface area contributed by atoms with Crippen LogP contribution in [0.4, 0.5) is 11.4 Å². The monoisotopic (exact) mass is 483 g/mol. The van der Waals surface area contributed by atoms with Crippen LogP contribution in [-0.4, -0.2) is 55.0 Å². The Morgan fingerprint density at radius 2 is 1.70 bits per heavy atom. The van der Waals surface area contributed by atoms with Crippen LogP contribution in [0.1, 0.15) is 19.4 Å². The average Bonchev–Trinajstić information content (AvgIpc) is 3.28. The van der Waals surface area contributed by atoms with E-state index in [1.807, 2.05) is 24.3 Å². The van der Waals surface area contributed by atoms with E-state index >= 15 is 0 Å². The zero-order valence-corrected chi connectivity index (χ0v) is 20.6. The molecule has 0 aromatic heterocycles. The number of hydrogen-bond donors (Lipinski definition) is 0. The lowest BCUT2D eigenvalue weighted by molar-refractivity contribution is -0.115. The van der Waals surface area contributed by atoms with Gasteiger partial charge in [0.2, 0.25) is 0 Å². The van der Waals surface area contributed by atoms with Crippen molar-refractivity contribution in [2.24, 2.45) is 0 Å². The van der Waals surface area contributed by atoms with Gasteiger partial charge < -0.3 is 9.47 Å². The van der Waals surface area contributed by atoms with E-state index in [4.69, 9.17) is 21.7 Å². The lowest BCUT2D eigenvalue weighted by atomic mass is 10.1. The molecule has 2 aliphatic rings. The van der Waals surface area contributed by atoms with Gasteiger partial charge in [0.15, 0.2) is 4.32 Å². The molecule has 33 heavy (non-hydrogen) atoms. The van der Waals surface area contributed by atoms with Crippen molar-refractivity contribution in [1.82, 2.24) is 4.90 Å². The maximum atomic E-state index is 13.6. The molecule has 2 heterocycles. The standard InChI is InChI=1S/C24H25N3O4S2/c1-5-25(6-2)14-26-17-10-8-7-9-16(17)20(22(26)28)21-23(29)27(24(32)33-21)18-13-15(30-3)11-12-19(18)31-4/h7-13H,5-6,14H2,1-4H3. The molecule has 2 aliphatic heterocycles. The molecule has 0 bridgehead atoms. The minimum Gasteiger partial charge on any atom is -0.497 e. The second-order valence-electron chi connectivity index (χ2n) is 7.45. The molecule has 2 aromatic carbocycles. The molecule has 7 nitrogen and oxygen atoms in total. The van der Waals surface area contributed by atoms with E-state index in [0.717, 1.165) is 36.1 Å². The number of carbonyl (C=O) groups is 2. The number of nitrogens with zero attached hydrogens (tertiary/aromatic N) is 3. The number of ether oxygens (including phenoxy) is 2. The molecule has 1 fully saturated rings. The first kappa shape index (κ1) is 23.3. The van der Waals surface area contributed by atoms with Crippen LogP contribution in [0, 0.1) is 0 Å². The minimum atomic E-state index is -0.348. The Hall–Kier alpha value is -2.88. The quantitative estimate of drug-likeness (QED) is 0.434. The Labute approximate surface area is 202 Å². The molecule has 0 aliphatic carbocycles. The zero-order valence-electron chi connectivity index (χ0n) is 19.0. The number of thioether (sulfide) groups is 1. The third-order valence-corrected chi connectivity index (χ3v) is 7.15. The summed E-state index contributed by atoms with van der Waals surface area (Å²) < 4.78 is 11.1. The van der Waals surface area contributed by atoms with Crippen molar-refractivity contribution in [3.8, 4) is 11.5 Å². The fourth-order valence-corrected chi connectivity index (χ4v) is 5.32. The molecule has 9 heteroatoms. The van der Waals surface area contributed by atoms with Crippen LogP contribution >= 0.6 is 24.0 Å². The molecular formula is C24H25N3O4S2. The van der Waals surface area contributed by atoms with Crippen LogP contribution in [-0.2, 0) is 9.59 Å². The zero-order chi connectivity index (χ0) is 23.7. The van der Waals surface area contributed by atoms with Crippen molar-refractivity contribution in [3.05, 3.63) is 52.9 Å². The summed E-state index contributed by atoms with van der Waals surface area (Å²) in [7, 11) is 3.08. The van der Waals surface area contributed by atoms with Crippen LogP contribution in [0.15, 0.2) is 47.4 Å². The molecule has 0 saturated carbocycles. The van der Waals surface area contributed by atoms with E-state index < -0.39 is 0 Å². The van der Waals surface area contributed by atoms with Crippen molar-refractivity contribution in [1.29, 1.82) is 0 Å². The van der Waals surface area contributed by atoms with Gasteiger partial charge in [-0.2, -0.15) is 0 Å². The summed E-state index contributed by atoms with van der Waals surface area (Å²) in [6.07, 6.45) is 0. The Bertz CT molecular complexity index is 1160. The molecular weight excluding hydrogens is 458 g/mol. The van der Waals surface area contributed by atoms with Gasteiger partial charge in [0.05, 0.1) is 42.7 Å². The van der Waals surface area contributed by atoms with Crippen LogP contribution in [0.3, 0.4) is 0 Å². The van der Waals surface area contributed by atoms with Gasteiger partial charge in [-0.15, -0.1) is 0 Å². The fraction of sp³-hybridized carbons (Fsp3) is 0.292. The van der Waals surface area contributed by atoms with Gasteiger partial charge in [-0.25, -0.2) is 0 Å². The highest BCUT2D eigenvalue weighted by molar-refractivity contribution is 8.27.